The van der Waals surface area contributed by atoms with Crippen LogP contribution in [0.5, 0.6) is 0 Å². The fourth-order valence-corrected chi connectivity index (χ4v) is 4.10. The van der Waals surface area contributed by atoms with E-state index >= 15 is 0 Å². The van der Waals surface area contributed by atoms with Gasteiger partial charge in [0.1, 0.15) is 0 Å². The molecule has 0 amide bonds. The third kappa shape index (κ3) is 3.08. The first-order chi connectivity index (χ1) is 8.86. The van der Waals surface area contributed by atoms with Crippen LogP contribution < -0.4 is 5.32 Å². The number of hydrogen-bond donors (Lipinski definition) is 1. The minimum Gasteiger partial charge on any atom is -0.314 e. The molecule has 18 heavy (non-hydrogen) atoms. The van der Waals surface area contributed by atoms with E-state index in [-0.39, 0.29) is 0 Å². The second-order valence-corrected chi connectivity index (χ2v) is 6.83. The van der Waals surface area contributed by atoms with E-state index in [1.807, 2.05) is 0 Å². The zero-order valence-corrected chi connectivity index (χ0v) is 12.0. The van der Waals surface area contributed by atoms with Crippen molar-refractivity contribution in [1.82, 2.24) is 10.2 Å². The average Bonchev–Trinajstić information content (AvgIpc) is 3.17. The maximum Gasteiger partial charge on any atom is 0.0113 e. The quantitative estimate of drug-likeness (QED) is 0.779. The summed E-state index contributed by atoms with van der Waals surface area (Å²) >= 11 is 0. The maximum atomic E-state index is 3.77. The van der Waals surface area contributed by atoms with Crippen molar-refractivity contribution in [2.75, 3.05) is 13.1 Å². The predicted molar refractivity (Wildman–Crippen MR) is 76.8 cm³/mol. The van der Waals surface area contributed by atoms with Crippen LogP contribution in [-0.4, -0.2) is 36.1 Å². The van der Waals surface area contributed by atoms with Gasteiger partial charge in [-0.15, -0.1) is 0 Å². The van der Waals surface area contributed by atoms with Gasteiger partial charge in [-0.3, -0.25) is 4.90 Å². The molecule has 1 N–H and O–H groups in total. The lowest BCUT2D eigenvalue weighted by atomic mass is 9.81. The van der Waals surface area contributed by atoms with Gasteiger partial charge in [-0.1, -0.05) is 26.2 Å². The summed E-state index contributed by atoms with van der Waals surface area (Å²) in [6.07, 6.45) is 13.0. The van der Waals surface area contributed by atoms with Crippen LogP contribution in [0.25, 0.3) is 0 Å². The minimum atomic E-state index is 0.817. The van der Waals surface area contributed by atoms with E-state index in [4.69, 9.17) is 0 Å². The summed E-state index contributed by atoms with van der Waals surface area (Å²) in [4.78, 5) is 2.89. The Bertz CT molecular complexity index is 248. The van der Waals surface area contributed by atoms with E-state index in [2.05, 4.69) is 17.1 Å². The molecular weight excluding hydrogens is 220 g/mol. The van der Waals surface area contributed by atoms with Crippen molar-refractivity contribution in [1.29, 1.82) is 0 Å². The molecule has 0 radical (unpaired) electrons. The first-order valence-electron chi connectivity index (χ1n) is 8.36. The Morgan fingerprint density at radius 2 is 1.78 bits per heavy atom. The van der Waals surface area contributed by atoms with Crippen molar-refractivity contribution < 1.29 is 0 Å². The van der Waals surface area contributed by atoms with E-state index < -0.39 is 0 Å². The third-order valence-corrected chi connectivity index (χ3v) is 5.30. The second kappa shape index (κ2) is 5.92. The van der Waals surface area contributed by atoms with Crippen LogP contribution in [0.2, 0.25) is 0 Å². The van der Waals surface area contributed by atoms with Crippen LogP contribution in [0.3, 0.4) is 0 Å². The molecule has 2 atom stereocenters. The standard InChI is InChI=1S/C16H30N2/c1-2-9-17-14-11-15-4-3-5-16(12-14)18(15)10-8-13-6-7-13/h13-17H,2-12H2,1H3. The molecule has 0 aromatic heterocycles. The van der Waals surface area contributed by atoms with Crippen LogP contribution in [0.4, 0.5) is 0 Å². The molecule has 2 unspecified atom stereocenters. The highest BCUT2D eigenvalue weighted by Crippen LogP contribution is 2.37. The Morgan fingerprint density at radius 3 is 2.39 bits per heavy atom. The van der Waals surface area contributed by atoms with Crippen LogP contribution >= 0.6 is 0 Å². The van der Waals surface area contributed by atoms with Gasteiger partial charge < -0.3 is 5.32 Å². The second-order valence-electron chi connectivity index (χ2n) is 6.83. The lowest BCUT2D eigenvalue weighted by molar-refractivity contribution is 0.0227. The fraction of sp³-hybridized carbons (Fsp3) is 1.00. The largest absolute Gasteiger partial charge is 0.314 e. The fourth-order valence-electron chi connectivity index (χ4n) is 4.10. The first kappa shape index (κ1) is 12.9. The zero-order valence-electron chi connectivity index (χ0n) is 12.0. The van der Waals surface area contributed by atoms with Gasteiger partial charge in [0.05, 0.1) is 0 Å². The van der Waals surface area contributed by atoms with Crippen LogP contribution in [-0.2, 0) is 0 Å². The average molecular weight is 250 g/mol. The highest BCUT2D eigenvalue weighted by Gasteiger charge is 2.38. The number of rotatable bonds is 6. The molecule has 2 bridgehead atoms. The van der Waals surface area contributed by atoms with Gasteiger partial charge in [0.2, 0.25) is 0 Å². The Morgan fingerprint density at radius 1 is 1.06 bits per heavy atom. The predicted octanol–water partition coefficient (Wildman–Crippen LogP) is 3.17. The van der Waals surface area contributed by atoms with E-state index in [0.717, 1.165) is 24.0 Å². The molecule has 2 heterocycles. The minimum absolute atomic E-state index is 0.817. The van der Waals surface area contributed by atoms with E-state index in [1.165, 1.54) is 70.9 Å². The molecule has 1 aliphatic carbocycles. The van der Waals surface area contributed by atoms with E-state index in [1.54, 1.807) is 0 Å². The van der Waals surface area contributed by atoms with Crippen molar-refractivity contribution >= 4 is 0 Å². The molecule has 2 saturated heterocycles. The molecule has 2 heteroatoms. The van der Waals surface area contributed by atoms with Gasteiger partial charge in [-0.2, -0.15) is 0 Å². The summed E-state index contributed by atoms with van der Waals surface area (Å²) in [5.41, 5.74) is 0. The summed E-state index contributed by atoms with van der Waals surface area (Å²) in [5.74, 6) is 1.10. The number of piperidine rings is 2. The smallest absolute Gasteiger partial charge is 0.0113 e. The third-order valence-electron chi connectivity index (χ3n) is 5.30. The summed E-state index contributed by atoms with van der Waals surface area (Å²) in [6.45, 7) is 4.89. The SMILES string of the molecule is CCCNC1CC2CCCC(C1)N2CCC1CC1. The Kier molecular flexibility index (Phi) is 4.25. The van der Waals surface area contributed by atoms with Crippen molar-refractivity contribution in [2.24, 2.45) is 5.92 Å². The van der Waals surface area contributed by atoms with Crippen LogP contribution in [0.15, 0.2) is 0 Å². The monoisotopic (exact) mass is 250 g/mol. The van der Waals surface area contributed by atoms with Gasteiger partial charge >= 0.3 is 0 Å². The highest BCUT2D eigenvalue weighted by molar-refractivity contribution is 4.95. The topological polar surface area (TPSA) is 15.3 Å². The molecule has 3 fully saturated rings. The molecule has 2 aliphatic heterocycles. The Balaban J connectivity index is 1.52. The van der Waals surface area contributed by atoms with E-state index in [9.17, 15) is 0 Å². The summed E-state index contributed by atoms with van der Waals surface area (Å²) in [6, 6.07) is 2.63. The summed E-state index contributed by atoms with van der Waals surface area (Å²) < 4.78 is 0. The number of nitrogens with zero attached hydrogens (tertiary/aromatic N) is 1. The van der Waals surface area contributed by atoms with Gasteiger partial charge in [0, 0.05) is 18.1 Å². The normalized spacial score (nSPS) is 36.8. The maximum absolute atomic E-state index is 3.77. The van der Waals surface area contributed by atoms with E-state index in [0.29, 0.717) is 0 Å². The van der Waals surface area contributed by atoms with Crippen molar-refractivity contribution in [3.8, 4) is 0 Å². The number of fused-ring (bicyclic) bond motifs is 2. The Labute approximate surface area is 113 Å². The molecule has 104 valence electrons. The van der Waals surface area contributed by atoms with Crippen molar-refractivity contribution in [3.63, 3.8) is 0 Å². The molecule has 0 aromatic rings. The summed E-state index contributed by atoms with van der Waals surface area (Å²) in [5, 5.41) is 3.77. The molecule has 0 aromatic carbocycles. The lowest BCUT2D eigenvalue weighted by Crippen LogP contribution is -2.56. The van der Waals surface area contributed by atoms with Crippen molar-refractivity contribution in [3.05, 3.63) is 0 Å². The van der Waals surface area contributed by atoms with Crippen LogP contribution in [0, 0.1) is 5.92 Å². The van der Waals surface area contributed by atoms with Gasteiger partial charge in [-0.25, -0.2) is 0 Å². The molecule has 3 aliphatic rings. The molecular formula is C16H30N2. The highest BCUT2D eigenvalue weighted by atomic mass is 15.2. The molecule has 0 spiro atoms. The first-order valence-corrected chi connectivity index (χ1v) is 8.36. The zero-order chi connectivity index (χ0) is 12.4. The van der Waals surface area contributed by atoms with Gasteiger partial charge in [0.15, 0.2) is 0 Å². The molecule has 3 rings (SSSR count). The van der Waals surface area contributed by atoms with Gasteiger partial charge in [-0.05, 0) is 57.5 Å². The van der Waals surface area contributed by atoms with Crippen molar-refractivity contribution in [2.45, 2.75) is 82.8 Å². The number of hydrogen-bond acceptors (Lipinski definition) is 2. The van der Waals surface area contributed by atoms with Gasteiger partial charge in [0.25, 0.3) is 0 Å². The number of nitrogens with one attached hydrogen (secondary N) is 1. The Hall–Kier alpha value is -0.0800. The lowest BCUT2D eigenvalue weighted by Gasteiger charge is -2.49. The summed E-state index contributed by atoms with van der Waals surface area (Å²) in [7, 11) is 0. The molecule has 1 saturated carbocycles. The van der Waals surface area contributed by atoms with Crippen LogP contribution in [0.1, 0.15) is 64.7 Å². The molecule has 2 nitrogen and oxygen atoms in total.